The maximum Gasteiger partial charge on any atom is 0.355 e. The van der Waals surface area contributed by atoms with E-state index in [1.807, 2.05) is 74.5 Å². The minimum atomic E-state index is -0.483. The summed E-state index contributed by atoms with van der Waals surface area (Å²) in [4.78, 5) is 51.5. The zero-order chi connectivity index (χ0) is 46.2. The molecule has 0 spiro atoms. The molecule has 0 radical (unpaired) electrons. The Morgan fingerprint density at radius 2 is 0.697 bits per heavy atom. The first-order valence-corrected chi connectivity index (χ1v) is 23.3. The van der Waals surface area contributed by atoms with Crippen molar-refractivity contribution in [2.75, 3.05) is 13.2 Å². The number of H-pyrrole nitrogens is 6. The minimum absolute atomic E-state index is 0.207. The second-order valence-corrected chi connectivity index (χ2v) is 20.0. The van der Waals surface area contributed by atoms with Crippen LogP contribution in [0.15, 0.2) is 109 Å². The second kappa shape index (κ2) is 15.9. The van der Waals surface area contributed by atoms with Gasteiger partial charge in [-0.05, 0) is 152 Å². The summed E-state index contributed by atoms with van der Waals surface area (Å²) < 4.78 is 12.5. The van der Waals surface area contributed by atoms with Crippen LogP contribution in [0.1, 0.15) is 145 Å². The van der Waals surface area contributed by atoms with Gasteiger partial charge in [0, 0.05) is 78.3 Å². The van der Waals surface area contributed by atoms with Crippen LogP contribution < -0.4 is 0 Å². The quantitative estimate of drug-likeness (QED) is 0.0959. The molecule has 0 saturated heterocycles. The number of esters is 2. The van der Waals surface area contributed by atoms with Crippen molar-refractivity contribution in [2.24, 2.45) is 0 Å². The summed E-state index contributed by atoms with van der Waals surface area (Å²) in [7, 11) is 0. The predicted octanol–water partition coefficient (Wildman–Crippen LogP) is 12.4. The molecule has 10 nitrogen and oxygen atoms in total. The van der Waals surface area contributed by atoms with E-state index in [2.05, 4.69) is 120 Å². The average molecular weight is 881 g/mol. The number of hydrogen-bond acceptors (Lipinski definition) is 4. The largest absolute Gasteiger partial charge is 0.461 e. The van der Waals surface area contributed by atoms with E-state index in [0.29, 0.717) is 48.5 Å². The molecular formula is C56H60N6O4. The van der Waals surface area contributed by atoms with Gasteiger partial charge in [0.1, 0.15) is 11.4 Å². The van der Waals surface area contributed by atoms with Crippen LogP contribution in [0.25, 0.3) is 33.6 Å². The van der Waals surface area contributed by atoms with Gasteiger partial charge in [-0.3, -0.25) is 0 Å². The number of rotatable bonds is 2. The first kappa shape index (κ1) is 43.0. The van der Waals surface area contributed by atoms with E-state index >= 15 is 0 Å². The number of nitrogens with one attached hydrogen (secondary N) is 6. The Hall–Kier alpha value is -6.94. The Morgan fingerprint density at radius 3 is 1.02 bits per heavy atom. The van der Waals surface area contributed by atoms with Gasteiger partial charge < -0.3 is 39.4 Å². The monoisotopic (exact) mass is 880 g/mol. The van der Waals surface area contributed by atoms with Crippen LogP contribution in [0.4, 0.5) is 0 Å². The summed E-state index contributed by atoms with van der Waals surface area (Å²) in [6.07, 6.45) is 2.60. The lowest BCUT2D eigenvalue weighted by Crippen LogP contribution is -2.29. The molecule has 6 N–H and O–H groups in total. The van der Waals surface area contributed by atoms with Crippen LogP contribution in [0.2, 0.25) is 0 Å². The van der Waals surface area contributed by atoms with Crippen molar-refractivity contribution in [3.63, 3.8) is 0 Å². The summed E-state index contributed by atoms with van der Waals surface area (Å²) >= 11 is 0. The third-order valence-corrected chi connectivity index (χ3v) is 15.2. The van der Waals surface area contributed by atoms with Crippen LogP contribution in [-0.4, -0.2) is 55.1 Å². The lowest BCUT2D eigenvalue weighted by Gasteiger charge is -2.31. The van der Waals surface area contributed by atoms with Crippen molar-refractivity contribution in [1.29, 1.82) is 0 Å². The zero-order valence-corrected chi connectivity index (χ0v) is 39.3. The van der Waals surface area contributed by atoms with Crippen LogP contribution >= 0.6 is 0 Å². The maximum atomic E-state index is 14.5. The molecule has 8 aromatic rings. The molecule has 10 heteroatoms. The Balaban J connectivity index is 1.13. The highest BCUT2D eigenvalue weighted by Gasteiger charge is 2.40. The molecule has 0 atom stereocenters. The molecule has 0 fully saturated rings. The van der Waals surface area contributed by atoms with Gasteiger partial charge in [0.15, 0.2) is 0 Å². The molecule has 338 valence electrons. The molecule has 14 bridgehead atoms. The van der Waals surface area contributed by atoms with Crippen molar-refractivity contribution >= 4 is 11.9 Å². The molecule has 2 aromatic carbocycles. The topological polar surface area (TPSA) is 147 Å². The Morgan fingerprint density at radius 1 is 0.394 bits per heavy atom. The fraction of sp³-hybridized carbons (Fsp3) is 0.321. The third-order valence-electron chi connectivity index (χ3n) is 15.2. The smallest absolute Gasteiger partial charge is 0.355 e. The number of carbonyl (C=O) groups is 2. The second-order valence-electron chi connectivity index (χ2n) is 20.0. The summed E-state index contributed by atoms with van der Waals surface area (Å²) in [5, 5.41) is 0. The van der Waals surface area contributed by atoms with Crippen molar-refractivity contribution in [3.8, 4) is 33.6 Å². The molecule has 3 aliphatic rings. The van der Waals surface area contributed by atoms with E-state index in [-0.39, 0.29) is 13.2 Å². The van der Waals surface area contributed by atoms with E-state index in [4.69, 9.17) is 9.47 Å². The van der Waals surface area contributed by atoms with Crippen LogP contribution in [0, 0.1) is 13.8 Å². The summed E-state index contributed by atoms with van der Waals surface area (Å²) in [6, 6.07) is 37.5. The first-order chi connectivity index (χ1) is 31.6. The molecule has 0 amide bonds. The highest BCUT2D eigenvalue weighted by Crippen LogP contribution is 2.45. The van der Waals surface area contributed by atoms with E-state index in [9.17, 15) is 9.59 Å². The molecule has 9 heterocycles. The van der Waals surface area contributed by atoms with Crippen molar-refractivity contribution in [3.05, 3.63) is 177 Å². The van der Waals surface area contributed by atoms with Crippen molar-refractivity contribution in [1.82, 2.24) is 29.9 Å². The van der Waals surface area contributed by atoms with Gasteiger partial charge in [-0.15, -0.1) is 0 Å². The fourth-order valence-corrected chi connectivity index (χ4v) is 10.7. The van der Waals surface area contributed by atoms with E-state index in [1.54, 1.807) is 0 Å². The Bertz CT molecular complexity index is 2790. The zero-order valence-electron chi connectivity index (χ0n) is 39.3. The lowest BCUT2D eigenvalue weighted by atomic mass is 9.79. The first-order valence-electron chi connectivity index (χ1n) is 23.3. The van der Waals surface area contributed by atoms with Gasteiger partial charge in [-0.1, -0.05) is 60.7 Å². The normalized spacial score (nSPS) is 20.7. The SMILES string of the molecule is Cc1c2[nH]c(c1-c1ccccc1)C(=O)OCCCC1(C)c3ccc([nH]3)C(C)(C)c3ccc([nH]3)C(C)(CCCOC(=O)c3[nH]c-2c(C)c3-c2ccccc2)c2ccc([nH]2)C(C)(C)c2ccc1[nH]2. The number of hydrogen-bond donors (Lipinski definition) is 6. The lowest BCUT2D eigenvalue weighted by molar-refractivity contribution is 0.0479. The number of fused-ring (bicyclic) bond motifs is 8. The van der Waals surface area contributed by atoms with Gasteiger partial charge >= 0.3 is 11.9 Å². The number of ether oxygens (including phenoxy) is 2. The Kier molecular flexibility index (Phi) is 10.3. The minimum Gasteiger partial charge on any atom is -0.461 e. The van der Waals surface area contributed by atoms with E-state index in [0.717, 1.165) is 78.9 Å². The summed E-state index contributed by atoms with van der Waals surface area (Å²) in [5.41, 5.74) is 14.1. The summed E-state index contributed by atoms with van der Waals surface area (Å²) in [5.74, 6) is -0.882. The van der Waals surface area contributed by atoms with Gasteiger partial charge in [-0.2, -0.15) is 0 Å². The molecule has 6 aromatic heterocycles. The van der Waals surface area contributed by atoms with E-state index in [1.165, 1.54) is 0 Å². The van der Waals surface area contributed by atoms with Crippen molar-refractivity contribution < 1.29 is 19.1 Å². The van der Waals surface area contributed by atoms with Gasteiger partial charge in [0.25, 0.3) is 0 Å². The molecule has 11 rings (SSSR count). The van der Waals surface area contributed by atoms with E-state index < -0.39 is 33.6 Å². The van der Waals surface area contributed by atoms with Gasteiger partial charge in [-0.25, -0.2) is 9.59 Å². The van der Waals surface area contributed by atoms with Crippen LogP contribution in [0.3, 0.4) is 0 Å². The third kappa shape index (κ3) is 6.91. The molecule has 0 unspecified atom stereocenters. The number of aromatic nitrogens is 6. The Labute approximate surface area is 386 Å². The predicted molar refractivity (Wildman–Crippen MR) is 260 cm³/mol. The standard InChI is InChI=1S/C56H60N6O4/c1-33-45(35-17-11-9-12-18-35)49-51(63)65-31-15-29-55(7)41-25-21-37(57-41)53(3,4)39-23-27-43(59-39)56(8,44-28-24-40(60-44)54(5,6)38-22-26-42(55)58-38)30-16-32-66-52(64)50-46(36-19-13-10-14-20-36)34(2)48(62-50)47(33)61-49/h9-14,17-28,57-62H,15-16,29-32H2,1-8H3. The van der Waals surface area contributed by atoms with Crippen molar-refractivity contribution in [2.45, 2.75) is 103 Å². The highest BCUT2D eigenvalue weighted by atomic mass is 16.5. The van der Waals surface area contributed by atoms with Crippen LogP contribution in [0.5, 0.6) is 0 Å². The molecule has 0 saturated carbocycles. The molecule has 3 aliphatic heterocycles. The molecule has 0 aliphatic carbocycles. The number of carbonyl (C=O) groups excluding carboxylic acids is 2. The number of benzene rings is 2. The fourth-order valence-electron chi connectivity index (χ4n) is 10.7. The maximum absolute atomic E-state index is 14.5. The molecular weight excluding hydrogens is 821 g/mol. The van der Waals surface area contributed by atoms with Gasteiger partial charge in [0.05, 0.1) is 24.6 Å². The summed E-state index contributed by atoms with van der Waals surface area (Å²) in [6.45, 7) is 18.0. The van der Waals surface area contributed by atoms with Gasteiger partial charge in [0.2, 0.25) is 0 Å². The average Bonchev–Trinajstić information content (AvgIpc) is 4.17. The molecule has 66 heavy (non-hydrogen) atoms. The number of aromatic amines is 6. The van der Waals surface area contributed by atoms with Crippen LogP contribution in [-0.2, 0) is 31.1 Å². The highest BCUT2D eigenvalue weighted by molar-refractivity contribution is 6.02.